The van der Waals surface area contributed by atoms with Crippen molar-refractivity contribution in [1.29, 1.82) is 0 Å². The SMILES string of the molecule is CC1CC(NC(=O)C(Cc2ccccc2)NC(=O)C(N)Cc2ccccc2)C(=O)N1C(CCCCN)C(=O)N1C2CCC1CNC2. The van der Waals surface area contributed by atoms with E-state index in [9.17, 15) is 19.2 Å². The topological polar surface area (TPSA) is 163 Å². The minimum Gasteiger partial charge on any atom is -0.343 e. The summed E-state index contributed by atoms with van der Waals surface area (Å²) < 4.78 is 0. The molecule has 4 amide bonds. The molecule has 46 heavy (non-hydrogen) atoms. The van der Waals surface area contributed by atoms with Gasteiger partial charge in [0.15, 0.2) is 0 Å². The Balaban J connectivity index is 1.29. The number of piperazine rings is 1. The van der Waals surface area contributed by atoms with E-state index in [2.05, 4.69) is 16.0 Å². The minimum absolute atomic E-state index is 0.000167. The lowest BCUT2D eigenvalue weighted by Gasteiger charge is -2.40. The van der Waals surface area contributed by atoms with Gasteiger partial charge in [0.25, 0.3) is 0 Å². The van der Waals surface area contributed by atoms with Gasteiger partial charge in [-0.3, -0.25) is 19.2 Å². The molecule has 0 radical (unpaired) electrons. The summed E-state index contributed by atoms with van der Waals surface area (Å²) in [5.74, 6) is -1.16. The first-order valence-electron chi connectivity index (χ1n) is 16.8. The highest BCUT2D eigenvalue weighted by atomic mass is 16.2. The number of rotatable bonds is 14. The molecule has 2 bridgehead atoms. The fraction of sp³-hybridized carbons (Fsp3) is 0.543. The third kappa shape index (κ3) is 7.94. The van der Waals surface area contributed by atoms with Crippen molar-refractivity contribution in [3.05, 3.63) is 71.8 Å². The number of carbonyl (C=O) groups is 4. The Bertz CT molecular complexity index is 1330. The molecular weight excluding hydrogens is 582 g/mol. The van der Waals surface area contributed by atoms with Crippen LogP contribution in [0.3, 0.4) is 0 Å². The molecule has 0 aromatic heterocycles. The Morgan fingerprint density at radius 1 is 0.913 bits per heavy atom. The number of hydrogen-bond donors (Lipinski definition) is 5. The number of likely N-dealkylation sites (tertiary alicyclic amines) is 1. The Hall–Kier alpha value is -3.80. The molecule has 3 aliphatic rings. The maximum absolute atomic E-state index is 14.1. The first-order chi connectivity index (χ1) is 22.3. The second kappa shape index (κ2) is 15.7. The summed E-state index contributed by atoms with van der Waals surface area (Å²) in [6, 6.07) is 15.7. The van der Waals surface area contributed by atoms with Crippen LogP contribution in [0.15, 0.2) is 60.7 Å². The number of nitrogens with two attached hydrogens (primary N) is 2. The second-order valence-electron chi connectivity index (χ2n) is 13.0. The number of unbranched alkanes of at least 4 members (excludes halogenated alkanes) is 1. The van der Waals surface area contributed by atoms with E-state index in [-0.39, 0.29) is 36.4 Å². The number of fused-ring (bicyclic) bond motifs is 2. The Labute approximate surface area is 271 Å². The van der Waals surface area contributed by atoms with Crippen LogP contribution in [-0.2, 0) is 32.0 Å². The lowest BCUT2D eigenvalue weighted by Crippen LogP contribution is -2.60. The molecule has 0 aliphatic carbocycles. The Kier molecular flexibility index (Phi) is 11.4. The number of amides is 4. The number of carbonyl (C=O) groups excluding carboxylic acids is 4. The van der Waals surface area contributed by atoms with Crippen molar-refractivity contribution in [1.82, 2.24) is 25.8 Å². The maximum Gasteiger partial charge on any atom is 0.246 e. The third-order valence-electron chi connectivity index (χ3n) is 9.66. The molecule has 3 fully saturated rings. The third-order valence-corrected chi connectivity index (χ3v) is 9.66. The van der Waals surface area contributed by atoms with Crippen LogP contribution in [0.1, 0.15) is 56.6 Å². The van der Waals surface area contributed by atoms with E-state index in [1.807, 2.05) is 72.5 Å². The van der Waals surface area contributed by atoms with Crippen molar-refractivity contribution in [2.45, 2.75) is 101 Å². The van der Waals surface area contributed by atoms with Gasteiger partial charge in [-0.1, -0.05) is 60.7 Å². The highest BCUT2D eigenvalue weighted by Crippen LogP contribution is 2.32. The number of nitrogens with one attached hydrogen (secondary N) is 3. The quantitative estimate of drug-likeness (QED) is 0.193. The molecule has 2 aromatic rings. The Morgan fingerprint density at radius 3 is 2.13 bits per heavy atom. The molecule has 0 saturated carbocycles. The predicted octanol–water partition coefficient (Wildman–Crippen LogP) is 0.850. The molecule has 11 nitrogen and oxygen atoms in total. The zero-order valence-corrected chi connectivity index (χ0v) is 26.8. The molecule has 5 rings (SSSR count). The molecule has 7 N–H and O–H groups in total. The van der Waals surface area contributed by atoms with E-state index in [1.165, 1.54) is 0 Å². The van der Waals surface area contributed by atoms with E-state index < -0.39 is 36.0 Å². The molecule has 11 heteroatoms. The summed E-state index contributed by atoms with van der Waals surface area (Å²) in [5.41, 5.74) is 13.8. The van der Waals surface area contributed by atoms with Gasteiger partial charge in [0.2, 0.25) is 23.6 Å². The van der Waals surface area contributed by atoms with Crippen molar-refractivity contribution in [2.75, 3.05) is 19.6 Å². The lowest BCUT2D eigenvalue weighted by molar-refractivity contribution is -0.148. The van der Waals surface area contributed by atoms with Gasteiger partial charge >= 0.3 is 0 Å². The summed E-state index contributed by atoms with van der Waals surface area (Å²) in [7, 11) is 0. The molecule has 3 aliphatic heterocycles. The largest absolute Gasteiger partial charge is 0.343 e. The zero-order chi connectivity index (χ0) is 32.6. The van der Waals surface area contributed by atoms with Crippen LogP contribution in [0, 0.1) is 0 Å². The summed E-state index contributed by atoms with van der Waals surface area (Å²) in [5, 5.41) is 9.21. The molecule has 248 valence electrons. The van der Waals surface area contributed by atoms with Gasteiger partial charge in [-0.2, -0.15) is 0 Å². The van der Waals surface area contributed by atoms with Crippen LogP contribution in [0.25, 0.3) is 0 Å². The fourth-order valence-corrected chi connectivity index (χ4v) is 7.28. The molecule has 3 saturated heterocycles. The molecule has 2 aromatic carbocycles. The van der Waals surface area contributed by atoms with E-state index >= 15 is 0 Å². The standard InChI is InChI=1S/C35H49N7O4/c1-23-18-30(34(45)41(23)31(14-8-9-17-36)35(46)42-26-15-16-27(42)22-38-21-26)40-33(44)29(20-25-12-6-3-7-13-25)39-32(43)28(37)19-24-10-4-2-5-11-24/h2-7,10-13,23,26-31,38H,8-9,14-22,36-37H2,1H3,(H,39,43)(H,40,44). The summed E-state index contributed by atoms with van der Waals surface area (Å²) in [6.45, 7) is 3.99. The van der Waals surface area contributed by atoms with Crippen molar-refractivity contribution < 1.29 is 19.2 Å². The molecule has 3 heterocycles. The highest BCUT2D eigenvalue weighted by molar-refractivity contribution is 5.96. The second-order valence-corrected chi connectivity index (χ2v) is 13.0. The maximum atomic E-state index is 14.1. The normalized spacial score (nSPS) is 24.4. The van der Waals surface area contributed by atoms with Gasteiger partial charge in [-0.05, 0) is 69.5 Å². The van der Waals surface area contributed by atoms with E-state index in [0.29, 0.717) is 25.8 Å². The monoisotopic (exact) mass is 631 g/mol. The van der Waals surface area contributed by atoms with E-state index in [1.54, 1.807) is 4.90 Å². The van der Waals surface area contributed by atoms with Gasteiger partial charge in [0.05, 0.1) is 6.04 Å². The first kappa shape index (κ1) is 33.6. The van der Waals surface area contributed by atoms with E-state index in [0.717, 1.165) is 49.9 Å². The minimum atomic E-state index is -0.938. The predicted molar refractivity (Wildman–Crippen MR) is 176 cm³/mol. The number of hydrogen-bond acceptors (Lipinski definition) is 7. The first-order valence-corrected chi connectivity index (χ1v) is 16.8. The fourth-order valence-electron chi connectivity index (χ4n) is 7.28. The average Bonchev–Trinajstić information content (AvgIpc) is 3.47. The van der Waals surface area contributed by atoms with Gasteiger partial charge in [0.1, 0.15) is 18.1 Å². The summed E-state index contributed by atoms with van der Waals surface area (Å²) >= 11 is 0. The molecule has 7 unspecified atom stereocenters. The van der Waals surface area contributed by atoms with Crippen LogP contribution in [0.5, 0.6) is 0 Å². The van der Waals surface area contributed by atoms with Crippen molar-refractivity contribution in [3.63, 3.8) is 0 Å². The Morgan fingerprint density at radius 2 is 1.52 bits per heavy atom. The molecule has 7 atom stereocenters. The van der Waals surface area contributed by atoms with Gasteiger partial charge in [-0.25, -0.2) is 0 Å². The van der Waals surface area contributed by atoms with Crippen LogP contribution < -0.4 is 27.4 Å². The van der Waals surface area contributed by atoms with Crippen LogP contribution in [0.2, 0.25) is 0 Å². The van der Waals surface area contributed by atoms with Gasteiger partial charge in [-0.15, -0.1) is 0 Å². The van der Waals surface area contributed by atoms with Crippen LogP contribution >= 0.6 is 0 Å². The zero-order valence-electron chi connectivity index (χ0n) is 26.8. The van der Waals surface area contributed by atoms with Crippen LogP contribution in [-0.4, -0.2) is 95.4 Å². The van der Waals surface area contributed by atoms with Gasteiger partial charge < -0.3 is 37.2 Å². The number of benzene rings is 2. The highest BCUT2D eigenvalue weighted by Gasteiger charge is 2.48. The van der Waals surface area contributed by atoms with Crippen molar-refractivity contribution in [2.24, 2.45) is 11.5 Å². The van der Waals surface area contributed by atoms with Crippen LogP contribution in [0.4, 0.5) is 0 Å². The smallest absolute Gasteiger partial charge is 0.246 e. The summed E-state index contributed by atoms with van der Waals surface area (Å²) in [4.78, 5) is 58.8. The molecular formula is C35H49N7O4. The van der Waals surface area contributed by atoms with E-state index in [4.69, 9.17) is 11.5 Å². The average molecular weight is 632 g/mol. The summed E-state index contributed by atoms with van der Waals surface area (Å²) in [6.07, 6.45) is 4.89. The number of nitrogens with zero attached hydrogens (tertiary/aromatic N) is 2. The lowest BCUT2D eigenvalue weighted by atomic mass is 10.0. The van der Waals surface area contributed by atoms with Crippen molar-refractivity contribution in [3.8, 4) is 0 Å². The molecule has 0 spiro atoms. The van der Waals surface area contributed by atoms with Crippen molar-refractivity contribution >= 4 is 23.6 Å². The van der Waals surface area contributed by atoms with Gasteiger partial charge in [0, 0.05) is 37.6 Å².